The number of hydrogen-bond donors (Lipinski definition) is 0. The summed E-state index contributed by atoms with van der Waals surface area (Å²) in [5.41, 5.74) is 0.945. The van der Waals surface area contributed by atoms with E-state index in [1.165, 1.54) is 24.6 Å². The van der Waals surface area contributed by atoms with Crippen LogP contribution >= 0.6 is 11.3 Å². The summed E-state index contributed by atoms with van der Waals surface area (Å²) >= 11 is 1.52. The molecule has 1 aromatic heterocycles. The third-order valence-electron chi connectivity index (χ3n) is 1.60. The maximum atomic E-state index is 10.7. The Morgan fingerprint density at radius 1 is 1.46 bits per heavy atom. The van der Waals surface area contributed by atoms with Gasteiger partial charge < -0.3 is 5.21 Å². The minimum absolute atomic E-state index is 0.749. The highest BCUT2D eigenvalue weighted by atomic mass is 32.1. The number of para-hydroxylation sites is 1. The van der Waals surface area contributed by atoms with E-state index in [0.717, 1.165) is 20.0 Å². The molecule has 4 heteroatoms. The highest BCUT2D eigenvalue weighted by molar-refractivity contribution is 7.20. The lowest BCUT2D eigenvalue weighted by atomic mass is 10.3. The Labute approximate surface area is 79.6 Å². The van der Waals surface area contributed by atoms with E-state index in [0.29, 0.717) is 0 Å². The molecule has 0 fully saturated rings. The minimum Gasteiger partial charge on any atom is -0.624 e. The molecule has 0 aliphatic carbocycles. The Hall–Kier alpha value is -1.42. The van der Waals surface area contributed by atoms with E-state index in [9.17, 15) is 5.21 Å². The van der Waals surface area contributed by atoms with Gasteiger partial charge >= 0.3 is 0 Å². The summed E-state index contributed by atoms with van der Waals surface area (Å²) in [5.74, 6) is 0. The number of thiazole rings is 1. The summed E-state index contributed by atoms with van der Waals surface area (Å²) in [4.78, 5) is 4.27. The largest absolute Gasteiger partial charge is 0.624 e. The molecule has 66 valence electrons. The zero-order valence-electron chi connectivity index (χ0n) is 7.10. The number of hydrogen-bond acceptors (Lipinski definition) is 3. The van der Waals surface area contributed by atoms with E-state index in [-0.39, 0.29) is 0 Å². The highest BCUT2D eigenvalue weighted by Crippen LogP contribution is 2.19. The zero-order valence-corrected chi connectivity index (χ0v) is 7.91. The summed E-state index contributed by atoms with van der Waals surface area (Å²) in [6.07, 6.45) is 1.48. The summed E-state index contributed by atoms with van der Waals surface area (Å²) in [6.45, 7) is 0. The number of rotatable bonds is 1. The van der Waals surface area contributed by atoms with E-state index in [1.807, 2.05) is 24.3 Å². The van der Waals surface area contributed by atoms with Crippen LogP contribution in [-0.2, 0) is 0 Å². The second-order valence-electron chi connectivity index (χ2n) is 2.70. The topological polar surface area (TPSA) is 39.0 Å². The first-order valence-corrected chi connectivity index (χ1v) is 4.68. The first-order chi connectivity index (χ1) is 6.25. The van der Waals surface area contributed by atoms with E-state index in [4.69, 9.17) is 0 Å². The highest BCUT2D eigenvalue weighted by Gasteiger charge is 2.01. The normalized spacial score (nSPS) is 12.2. The van der Waals surface area contributed by atoms with E-state index in [1.54, 1.807) is 0 Å². The van der Waals surface area contributed by atoms with Crippen LogP contribution < -0.4 is 0 Å². The second-order valence-corrected chi connectivity index (χ2v) is 3.76. The van der Waals surface area contributed by atoms with Crippen molar-refractivity contribution in [2.24, 2.45) is 0 Å². The molecule has 0 spiro atoms. The third-order valence-corrected chi connectivity index (χ3v) is 2.57. The smallest absolute Gasteiger partial charge is 0.210 e. The average molecular weight is 192 g/mol. The van der Waals surface area contributed by atoms with Crippen molar-refractivity contribution in [1.82, 2.24) is 4.98 Å². The molecule has 0 aliphatic heterocycles. The lowest BCUT2D eigenvalue weighted by Gasteiger charge is -1.89. The standard InChI is InChI=1S/C9H8N2OS/c1-11(12)6-9-10-7-4-2-3-5-8(7)13-9/h2-6H,1H3. The fourth-order valence-electron chi connectivity index (χ4n) is 1.10. The van der Waals surface area contributed by atoms with Crippen LogP contribution in [0.3, 0.4) is 0 Å². The van der Waals surface area contributed by atoms with E-state index < -0.39 is 0 Å². The molecule has 1 heterocycles. The molecule has 1 aromatic carbocycles. The lowest BCUT2D eigenvalue weighted by molar-refractivity contribution is -0.416. The van der Waals surface area contributed by atoms with Crippen LogP contribution in [0.25, 0.3) is 10.2 Å². The fraction of sp³-hybridized carbons (Fsp3) is 0.111. The molecule has 0 amide bonds. The van der Waals surface area contributed by atoms with Crippen LogP contribution in [0.1, 0.15) is 5.01 Å². The molecule has 0 N–H and O–H groups in total. The van der Waals surface area contributed by atoms with Gasteiger partial charge in [0.05, 0.1) is 10.2 Å². The van der Waals surface area contributed by atoms with Gasteiger partial charge in [0.1, 0.15) is 7.05 Å². The van der Waals surface area contributed by atoms with Gasteiger partial charge in [-0.15, -0.1) is 11.3 Å². The van der Waals surface area contributed by atoms with E-state index >= 15 is 0 Å². The van der Waals surface area contributed by atoms with Crippen LogP contribution in [0.4, 0.5) is 0 Å². The van der Waals surface area contributed by atoms with Crippen molar-refractivity contribution < 1.29 is 4.74 Å². The molecule has 0 unspecified atom stereocenters. The molecule has 0 bridgehead atoms. The summed E-state index contributed by atoms with van der Waals surface area (Å²) in [7, 11) is 1.45. The summed E-state index contributed by atoms with van der Waals surface area (Å²) in [6, 6.07) is 7.83. The summed E-state index contributed by atoms with van der Waals surface area (Å²) < 4.78 is 1.87. The van der Waals surface area contributed by atoms with Crippen molar-refractivity contribution in [3.05, 3.63) is 34.5 Å². The van der Waals surface area contributed by atoms with Gasteiger partial charge in [-0.25, -0.2) is 9.72 Å². The van der Waals surface area contributed by atoms with Gasteiger partial charge in [0, 0.05) is 0 Å². The van der Waals surface area contributed by atoms with Gasteiger partial charge in [0.15, 0.2) is 5.01 Å². The monoisotopic (exact) mass is 192 g/mol. The molecule has 13 heavy (non-hydrogen) atoms. The molecule has 0 atom stereocenters. The molecular formula is C9H8N2OS. The first kappa shape index (κ1) is 8.19. The Morgan fingerprint density at radius 2 is 2.23 bits per heavy atom. The summed E-state index contributed by atoms with van der Waals surface area (Å²) in [5, 5.41) is 11.5. The van der Waals surface area contributed by atoms with E-state index in [2.05, 4.69) is 4.98 Å². The van der Waals surface area contributed by atoms with Crippen LogP contribution in [-0.4, -0.2) is 23.0 Å². The zero-order chi connectivity index (χ0) is 9.26. The first-order valence-electron chi connectivity index (χ1n) is 3.86. The van der Waals surface area contributed by atoms with Crippen molar-refractivity contribution in [1.29, 1.82) is 0 Å². The molecule has 2 aromatic rings. The second kappa shape index (κ2) is 3.14. The molecule has 0 saturated carbocycles. The fourth-order valence-corrected chi connectivity index (χ4v) is 2.04. The predicted molar refractivity (Wildman–Crippen MR) is 54.3 cm³/mol. The Kier molecular flexibility index (Phi) is 1.98. The van der Waals surface area contributed by atoms with Crippen molar-refractivity contribution in [3.8, 4) is 0 Å². The molecule has 0 saturated heterocycles. The maximum absolute atomic E-state index is 10.7. The number of fused-ring (bicyclic) bond motifs is 1. The van der Waals surface area contributed by atoms with Crippen molar-refractivity contribution in [2.75, 3.05) is 7.05 Å². The molecular weight excluding hydrogens is 184 g/mol. The van der Waals surface area contributed by atoms with Crippen molar-refractivity contribution in [3.63, 3.8) is 0 Å². The van der Waals surface area contributed by atoms with Gasteiger partial charge in [0.25, 0.3) is 0 Å². The van der Waals surface area contributed by atoms with Crippen LogP contribution in [0.2, 0.25) is 0 Å². The third kappa shape index (κ3) is 1.67. The van der Waals surface area contributed by atoms with Gasteiger partial charge in [-0.1, -0.05) is 12.1 Å². The Morgan fingerprint density at radius 3 is 2.92 bits per heavy atom. The molecule has 2 rings (SSSR count). The van der Waals surface area contributed by atoms with Crippen LogP contribution in [0, 0.1) is 5.21 Å². The SMILES string of the molecule is C[N+]([O-])=Cc1nc2ccccc2s1. The van der Waals surface area contributed by atoms with Gasteiger partial charge in [-0.3, -0.25) is 0 Å². The molecule has 0 aliphatic rings. The minimum atomic E-state index is 0.749. The van der Waals surface area contributed by atoms with Gasteiger partial charge in [-0.2, -0.15) is 0 Å². The predicted octanol–water partition coefficient (Wildman–Crippen LogP) is 1.86. The number of nitrogens with zero attached hydrogens (tertiary/aromatic N) is 2. The Bertz CT molecular complexity index is 424. The number of benzene rings is 1. The number of aromatic nitrogens is 1. The quantitative estimate of drug-likeness (QED) is 0.299. The average Bonchev–Trinajstić information content (AvgIpc) is 2.44. The Balaban J connectivity index is 2.56. The van der Waals surface area contributed by atoms with Crippen molar-refractivity contribution in [2.45, 2.75) is 0 Å². The number of hydroxylamine groups is 1. The molecule has 3 nitrogen and oxygen atoms in total. The van der Waals surface area contributed by atoms with Crippen LogP contribution in [0.5, 0.6) is 0 Å². The van der Waals surface area contributed by atoms with Gasteiger partial charge in [-0.05, 0) is 12.1 Å². The van der Waals surface area contributed by atoms with Crippen LogP contribution in [0.15, 0.2) is 24.3 Å². The lowest BCUT2D eigenvalue weighted by Crippen LogP contribution is -1.96. The van der Waals surface area contributed by atoms with Crippen molar-refractivity contribution >= 4 is 27.8 Å². The molecule has 0 radical (unpaired) electrons. The van der Waals surface area contributed by atoms with Gasteiger partial charge in [0.2, 0.25) is 6.21 Å². The maximum Gasteiger partial charge on any atom is 0.210 e.